The molecule has 0 radical (unpaired) electrons. The first-order valence-corrected chi connectivity index (χ1v) is 3.18. The summed E-state index contributed by atoms with van der Waals surface area (Å²) in [6, 6.07) is 0. The van der Waals surface area contributed by atoms with E-state index in [-0.39, 0.29) is 13.5 Å². The smallest absolute Gasteiger partial charge is 0.0422 e. The second kappa shape index (κ2) is 5.49. The van der Waals surface area contributed by atoms with Gasteiger partial charge in [0.25, 0.3) is 0 Å². The molecular formula is C7H18S. The van der Waals surface area contributed by atoms with Crippen molar-refractivity contribution in [1.29, 1.82) is 0 Å². The zero-order valence-electron chi connectivity index (χ0n) is 6.36. The fraction of sp³-hybridized carbons (Fsp3) is 1.00. The minimum absolute atomic E-state index is 0. The fourth-order valence-electron chi connectivity index (χ4n) is 0.471. The van der Waals surface area contributed by atoms with Crippen LogP contribution in [-0.4, -0.2) is 0 Å². The van der Waals surface area contributed by atoms with Gasteiger partial charge >= 0.3 is 0 Å². The highest BCUT2D eigenvalue weighted by atomic mass is 32.1. The molecule has 0 aliphatic carbocycles. The molecule has 0 N–H and O–H groups in total. The molecule has 0 saturated carbocycles. The molecule has 0 aromatic heterocycles. The summed E-state index contributed by atoms with van der Waals surface area (Å²) in [5.74, 6) is 1.77. The second-order valence-electron chi connectivity index (χ2n) is 2.63. The van der Waals surface area contributed by atoms with E-state index in [4.69, 9.17) is 0 Å². The van der Waals surface area contributed by atoms with E-state index in [9.17, 15) is 0 Å². The van der Waals surface area contributed by atoms with E-state index in [1.54, 1.807) is 0 Å². The lowest BCUT2D eigenvalue weighted by atomic mass is 9.96. The quantitative estimate of drug-likeness (QED) is 0.545. The molecule has 0 aliphatic heterocycles. The number of hydrogen-bond donors (Lipinski definition) is 0. The predicted octanol–water partition coefficient (Wildman–Crippen LogP) is 2.80. The van der Waals surface area contributed by atoms with Crippen molar-refractivity contribution in [1.82, 2.24) is 0 Å². The van der Waals surface area contributed by atoms with Crippen molar-refractivity contribution >= 4 is 13.5 Å². The van der Waals surface area contributed by atoms with E-state index in [1.165, 1.54) is 6.42 Å². The Morgan fingerprint density at radius 2 is 1.50 bits per heavy atom. The number of hydrogen-bond acceptors (Lipinski definition) is 0. The zero-order chi connectivity index (χ0) is 5.86. The maximum absolute atomic E-state index is 2.30. The van der Waals surface area contributed by atoms with Gasteiger partial charge in [-0.3, -0.25) is 0 Å². The Morgan fingerprint density at radius 1 is 1.12 bits per heavy atom. The summed E-state index contributed by atoms with van der Waals surface area (Å²) >= 11 is 0. The lowest BCUT2D eigenvalue weighted by Gasteiger charge is -2.10. The molecule has 0 aromatic carbocycles. The molecule has 52 valence electrons. The summed E-state index contributed by atoms with van der Waals surface area (Å²) in [6.45, 7) is 9.08. The minimum Gasteiger partial charge on any atom is -0.197 e. The first kappa shape index (κ1) is 11.2. The maximum atomic E-state index is 2.30. The van der Waals surface area contributed by atoms with Crippen LogP contribution in [0.4, 0.5) is 0 Å². The van der Waals surface area contributed by atoms with Gasteiger partial charge in [-0.25, -0.2) is 0 Å². The fourth-order valence-corrected chi connectivity index (χ4v) is 0.471. The van der Waals surface area contributed by atoms with Gasteiger partial charge in [0.15, 0.2) is 0 Å². The van der Waals surface area contributed by atoms with E-state index in [1.807, 2.05) is 0 Å². The van der Waals surface area contributed by atoms with Gasteiger partial charge in [0.1, 0.15) is 0 Å². The Balaban J connectivity index is 0. The topological polar surface area (TPSA) is 0 Å². The van der Waals surface area contributed by atoms with Crippen LogP contribution in [0.3, 0.4) is 0 Å². The molecule has 0 amide bonds. The molecule has 1 atom stereocenters. The normalized spacial score (nSPS) is 13.1. The summed E-state index contributed by atoms with van der Waals surface area (Å²) in [5.41, 5.74) is 0. The van der Waals surface area contributed by atoms with Crippen molar-refractivity contribution in [2.45, 2.75) is 34.1 Å². The van der Waals surface area contributed by atoms with Crippen molar-refractivity contribution in [2.75, 3.05) is 0 Å². The molecular weight excluding hydrogens is 116 g/mol. The molecule has 0 aliphatic rings. The standard InChI is InChI=1S/C7H16.H2S/c1-5-7(4)6(2)3;/h6-7H,5H2,1-4H3;1H2/t7-;/m0./s1. The molecule has 0 heterocycles. The Labute approximate surface area is 60.1 Å². The Hall–Kier alpha value is 0.350. The zero-order valence-corrected chi connectivity index (χ0v) is 7.36. The van der Waals surface area contributed by atoms with Gasteiger partial charge in [-0.1, -0.05) is 34.1 Å². The third-order valence-electron chi connectivity index (χ3n) is 1.78. The van der Waals surface area contributed by atoms with E-state index < -0.39 is 0 Å². The van der Waals surface area contributed by atoms with Crippen molar-refractivity contribution in [3.05, 3.63) is 0 Å². The summed E-state index contributed by atoms with van der Waals surface area (Å²) in [6.07, 6.45) is 1.32. The monoisotopic (exact) mass is 134 g/mol. The van der Waals surface area contributed by atoms with Gasteiger partial charge in [-0.2, -0.15) is 13.5 Å². The van der Waals surface area contributed by atoms with Gasteiger partial charge in [0.2, 0.25) is 0 Å². The molecule has 0 fully saturated rings. The maximum Gasteiger partial charge on any atom is -0.0422 e. The van der Waals surface area contributed by atoms with E-state index in [2.05, 4.69) is 27.7 Å². The van der Waals surface area contributed by atoms with Crippen molar-refractivity contribution < 1.29 is 0 Å². The lowest BCUT2D eigenvalue weighted by molar-refractivity contribution is 0.407. The molecule has 0 bridgehead atoms. The molecule has 0 aromatic rings. The lowest BCUT2D eigenvalue weighted by Crippen LogP contribution is -2.00. The highest BCUT2D eigenvalue weighted by Crippen LogP contribution is 2.11. The predicted molar refractivity (Wildman–Crippen MR) is 44.7 cm³/mol. The largest absolute Gasteiger partial charge is 0.197 e. The van der Waals surface area contributed by atoms with Gasteiger partial charge in [-0.05, 0) is 11.8 Å². The molecule has 0 rings (SSSR count). The van der Waals surface area contributed by atoms with Crippen LogP contribution in [0.2, 0.25) is 0 Å². The molecule has 8 heavy (non-hydrogen) atoms. The van der Waals surface area contributed by atoms with Crippen LogP contribution < -0.4 is 0 Å². The second-order valence-corrected chi connectivity index (χ2v) is 2.63. The summed E-state index contributed by atoms with van der Waals surface area (Å²) < 4.78 is 0. The average Bonchev–Trinajstić information content (AvgIpc) is 1.65. The minimum atomic E-state index is 0. The highest BCUT2D eigenvalue weighted by molar-refractivity contribution is 7.59. The van der Waals surface area contributed by atoms with Gasteiger partial charge in [-0.15, -0.1) is 0 Å². The van der Waals surface area contributed by atoms with Crippen LogP contribution in [0.15, 0.2) is 0 Å². The van der Waals surface area contributed by atoms with Crippen LogP contribution in [0.25, 0.3) is 0 Å². The van der Waals surface area contributed by atoms with E-state index in [0.29, 0.717) is 0 Å². The molecule has 1 heteroatoms. The van der Waals surface area contributed by atoms with Crippen molar-refractivity contribution in [3.8, 4) is 0 Å². The van der Waals surface area contributed by atoms with Crippen molar-refractivity contribution in [2.24, 2.45) is 11.8 Å². The average molecular weight is 134 g/mol. The van der Waals surface area contributed by atoms with Crippen LogP contribution in [0.5, 0.6) is 0 Å². The molecule has 0 unspecified atom stereocenters. The molecule has 0 nitrogen and oxygen atoms in total. The van der Waals surface area contributed by atoms with Crippen LogP contribution in [0, 0.1) is 11.8 Å². The summed E-state index contributed by atoms with van der Waals surface area (Å²) in [7, 11) is 0. The van der Waals surface area contributed by atoms with E-state index in [0.717, 1.165) is 11.8 Å². The highest BCUT2D eigenvalue weighted by Gasteiger charge is 2.01. The first-order valence-electron chi connectivity index (χ1n) is 3.18. The van der Waals surface area contributed by atoms with E-state index >= 15 is 0 Å². The third kappa shape index (κ3) is 4.51. The van der Waals surface area contributed by atoms with Crippen LogP contribution >= 0.6 is 13.5 Å². The molecule has 0 saturated heterocycles. The van der Waals surface area contributed by atoms with Gasteiger partial charge < -0.3 is 0 Å². The van der Waals surface area contributed by atoms with Gasteiger partial charge in [0, 0.05) is 0 Å². The van der Waals surface area contributed by atoms with Crippen LogP contribution in [0.1, 0.15) is 34.1 Å². The van der Waals surface area contributed by atoms with Crippen LogP contribution in [-0.2, 0) is 0 Å². The Bertz CT molecular complexity index is 41.7. The first-order chi connectivity index (χ1) is 3.18. The Morgan fingerprint density at radius 3 is 1.50 bits per heavy atom. The Kier molecular flexibility index (Phi) is 7.67. The van der Waals surface area contributed by atoms with Gasteiger partial charge in [0.05, 0.1) is 0 Å². The summed E-state index contributed by atoms with van der Waals surface area (Å²) in [4.78, 5) is 0. The van der Waals surface area contributed by atoms with Crippen molar-refractivity contribution in [3.63, 3.8) is 0 Å². The number of rotatable bonds is 2. The third-order valence-corrected chi connectivity index (χ3v) is 1.78. The summed E-state index contributed by atoms with van der Waals surface area (Å²) in [5, 5.41) is 0. The SMILES string of the molecule is CC[C@H](C)C(C)C.S. The molecule has 0 spiro atoms.